The van der Waals surface area contributed by atoms with E-state index in [1.807, 2.05) is 19.1 Å². The van der Waals surface area contributed by atoms with Crippen LogP contribution in [-0.4, -0.2) is 37.2 Å². The Morgan fingerprint density at radius 3 is 2.62 bits per heavy atom. The van der Waals surface area contributed by atoms with Crippen LogP contribution in [0, 0.1) is 6.92 Å². The van der Waals surface area contributed by atoms with Gasteiger partial charge in [-0.1, -0.05) is 12.1 Å². The van der Waals surface area contributed by atoms with E-state index in [-0.39, 0.29) is 5.56 Å². The van der Waals surface area contributed by atoms with Gasteiger partial charge in [-0.15, -0.1) is 0 Å². The molecule has 0 aliphatic carbocycles. The van der Waals surface area contributed by atoms with Crippen LogP contribution in [0.2, 0.25) is 0 Å². The maximum absolute atomic E-state index is 13.1. The van der Waals surface area contributed by atoms with Crippen molar-refractivity contribution in [3.05, 3.63) is 95.4 Å². The second kappa shape index (κ2) is 11.0. The summed E-state index contributed by atoms with van der Waals surface area (Å²) in [5, 5.41) is 14.4. The number of alkyl halides is 3. The zero-order valence-corrected chi connectivity index (χ0v) is 21.6. The van der Waals surface area contributed by atoms with Crippen molar-refractivity contribution < 1.29 is 18.0 Å². The van der Waals surface area contributed by atoms with Gasteiger partial charge in [-0.3, -0.25) is 9.78 Å². The maximum atomic E-state index is 13.1. The van der Waals surface area contributed by atoms with Gasteiger partial charge in [0.15, 0.2) is 11.5 Å². The Bertz CT molecular complexity index is 1670. The molecule has 5 aromatic rings. The molecule has 0 fully saturated rings. The number of benzene rings is 2. The fraction of sp³-hybridized carbons (Fsp3) is 0.179. The lowest BCUT2D eigenvalue weighted by Gasteiger charge is -2.12. The van der Waals surface area contributed by atoms with Crippen LogP contribution in [0.25, 0.3) is 11.0 Å². The topological polar surface area (TPSA) is 110 Å². The lowest BCUT2D eigenvalue weighted by molar-refractivity contribution is -0.137. The van der Waals surface area contributed by atoms with E-state index in [2.05, 4.69) is 36.0 Å². The number of anilines is 4. The highest BCUT2D eigenvalue weighted by atomic mass is 19.4. The summed E-state index contributed by atoms with van der Waals surface area (Å²) in [6, 6.07) is 13.4. The number of carbonyl (C=O) groups excluding carboxylic acids is 1. The number of fused-ring (bicyclic) bond motifs is 1. The molecule has 12 heteroatoms. The molecule has 0 aliphatic heterocycles. The van der Waals surface area contributed by atoms with E-state index in [0.29, 0.717) is 40.7 Å². The summed E-state index contributed by atoms with van der Waals surface area (Å²) in [6.07, 6.45) is 1.44. The van der Waals surface area contributed by atoms with E-state index in [1.54, 1.807) is 48.5 Å². The molecule has 40 heavy (non-hydrogen) atoms. The number of hydrogen-bond donors (Lipinski definition) is 3. The molecule has 1 amide bonds. The quantitative estimate of drug-likeness (QED) is 0.228. The first-order valence-corrected chi connectivity index (χ1v) is 12.4. The van der Waals surface area contributed by atoms with Crippen LogP contribution in [-0.2, 0) is 19.6 Å². The fourth-order valence-corrected chi connectivity index (χ4v) is 4.09. The minimum absolute atomic E-state index is 0.0945. The molecular formula is C28H25F3N8O. The number of hydrogen-bond acceptors (Lipinski definition) is 7. The molecule has 3 heterocycles. The summed E-state index contributed by atoms with van der Waals surface area (Å²) in [7, 11) is 1.78. The number of pyridine rings is 1. The van der Waals surface area contributed by atoms with E-state index in [0.717, 1.165) is 29.7 Å². The van der Waals surface area contributed by atoms with Crippen LogP contribution in [0.1, 0.15) is 27.0 Å². The highest BCUT2D eigenvalue weighted by Crippen LogP contribution is 2.31. The first kappa shape index (κ1) is 26.6. The van der Waals surface area contributed by atoms with Crippen LogP contribution < -0.4 is 16.0 Å². The summed E-state index contributed by atoms with van der Waals surface area (Å²) in [5.41, 5.74) is 2.72. The van der Waals surface area contributed by atoms with Gasteiger partial charge in [0.05, 0.1) is 10.9 Å². The zero-order chi connectivity index (χ0) is 28.3. The Labute approximate surface area is 227 Å². The Morgan fingerprint density at radius 2 is 1.85 bits per heavy atom. The van der Waals surface area contributed by atoms with E-state index in [9.17, 15) is 18.0 Å². The number of aromatic nitrogens is 5. The largest absolute Gasteiger partial charge is 0.416 e. The first-order valence-electron chi connectivity index (χ1n) is 12.4. The lowest BCUT2D eigenvalue weighted by atomic mass is 10.1. The van der Waals surface area contributed by atoms with Crippen molar-refractivity contribution in [1.29, 1.82) is 0 Å². The predicted molar refractivity (Wildman–Crippen MR) is 147 cm³/mol. The summed E-state index contributed by atoms with van der Waals surface area (Å²) < 4.78 is 40.8. The molecule has 0 saturated heterocycles. The summed E-state index contributed by atoms with van der Waals surface area (Å²) >= 11 is 0. The molecular weight excluding hydrogens is 521 g/mol. The van der Waals surface area contributed by atoms with Crippen molar-refractivity contribution >= 4 is 40.1 Å². The van der Waals surface area contributed by atoms with Gasteiger partial charge >= 0.3 is 6.18 Å². The molecule has 0 aliphatic rings. The van der Waals surface area contributed by atoms with Gasteiger partial charge in [0.25, 0.3) is 5.91 Å². The summed E-state index contributed by atoms with van der Waals surface area (Å²) in [4.78, 5) is 25.7. The minimum Gasteiger partial charge on any atom is -0.354 e. The highest BCUT2D eigenvalue weighted by molar-refractivity contribution is 6.04. The number of nitrogens with zero attached hydrogens (tertiary/aromatic N) is 5. The van der Waals surface area contributed by atoms with Crippen molar-refractivity contribution in [3.8, 4) is 0 Å². The number of carbonyl (C=O) groups is 1. The number of amides is 1. The zero-order valence-electron chi connectivity index (χ0n) is 21.6. The Balaban J connectivity index is 1.30. The second-order valence-electron chi connectivity index (χ2n) is 9.12. The van der Waals surface area contributed by atoms with E-state index < -0.39 is 17.6 Å². The molecule has 0 bridgehead atoms. The Kier molecular flexibility index (Phi) is 7.32. The number of halogens is 3. The summed E-state index contributed by atoms with van der Waals surface area (Å²) in [6.45, 7) is 2.53. The molecule has 3 aromatic heterocycles. The molecule has 0 unspecified atom stereocenters. The molecule has 3 N–H and O–H groups in total. The van der Waals surface area contributed by atoms with Gasteiger partial charge in [-0.05, 0) is 66.9 Å². The van der Waals surface area contributed by atoms with Crippen LogP contribution in [0.15, 0.2) is 73.2 Å². The Morgan fingerprint density at radius 1 is 1.05 bits per heavy atom. The number of nitrogens with one attached hydrogen (secondary N) is 3. The monoisotopic (exact) mass is 546 g/mol. The number of aryl methyl sites for hydroxylation is 2. The minimum atomic E-state index is -4.54. The molecule has 0 spiro atoms. The van der Waals surface area contributed by atoms with Gasteiger partial charge in [0.2, 0.25) is 5.95 Å². The molecule has 2 aromatic carbocycles. The second-order valence-corrected chi connectivity index (χ2v) is 9.12. The lowest BCUT2D eigenvalue weighted by Crippen LogP contribution is -2.14. The third-order valence-electron chi connectivity index (χ3n) is 6.23. The van der Waals surface area contributed by atoms with Crippen LogP contribution >= 0.6 is 0 Å². The average molecular weight is 547 g/mol. The van der Waals surface area contributed by atoms with Crippen molar-refractivity contribution in [3.63, 3.8) is 0 Å². The normalized spacial score (nSPS) is 11.4. The standard InChI is InChI=1S/C28H25F3N8O/c1-17-6-7-21(35-26(40)19-4-3-5-20(14-19)28(29,30)31)15-23(17)36-24-22-16-34-27(37-25(22)39(2)38-24)33-13-10-18-8-11-32-12-9-18/h3-9,11-12,14-16H,10,13H2,1-2H3,(H,35,40)(H,36,38)(H,33,34,37). The molecule has 5 rings (SSSR count). The average Bonchev–Trinajstić information content (AvgIpc) is 3.25. The summed E-state index contributed by atoms with van der Waals surface area (Å²) in [5.74, 6) is 0.346. The maximum Gasteiger partial charge on any atom is 0.416 e. The van der Waals surface area contributed by atoms with E-state index >= 15 is 0 Å². The molecule has 9 nitrogen and oxygen atoms in total. The molecule has 0 radical (unpaired) electrons. The highest BCUT2D eigenvalue weighted by Gasteiger charge is 2.31. The van der Waals surface area contributed by atoms with Crippen LogP contribution in [0.3, 0.4) is 0 Å². The SMILES string of the molecule is Cc1ccc(NC(=O)c2cccc(C(F)(F)F)c2)cc1Nc1nn(C)c2nc(NCCc3ccncc3)ncc12. The third-order valence-corrected chi connectivity index (χ3v) is 6.23. The number of rotatable bonds is 8. The van der Waals surface area contributed by atoms with Crippen LogP contribution in [0.5, 0.6) is 0 Å². The predicted octanol–water partition coefficient (Wildman–Crippen LogP) is 5.74. The van der Waals surface area contributed by atoms with Gasteiger partial charge in [0, 0.05) is 49.1 Å². The van der Waals surface area contributed by atoms with Crippen LogP contribution in [0.4, 0.5) is 36.3 Å². The van der Waals surface area contributed by atoms with Crippen molar-refractivity contribution in [2.75, 3.05) is 22.5 Å². The van der Waals surface area contributed by atoms with Crippen molar-refractivity contribution in [2.45, 2.75) is 19.5 Å². The molecule has 204 valence electrons. The van der Waals surface area contributed by atoms with Gasteiger partial charge in [0.1, 0.15) is 0 Å². The molecule has 0 atom stereocenters. The van der Waals surface area contributed by atoms with Crippen molar-refractivity contribution in [1.82, 2.24) is 24.7 Å². The van der Waals surface area contributed by atoms with Gasteiger partial charge in [-0.2, -0.15) is 23.3 Å². The third kappa shape index (κ3) is 6.01. The first-order chi connectivity index (χ1) is 19.2. The smallest absolute Gasteiger partial charge is 0.354 e. The van der Waals surface area contributed by atoms with Gasteiger partial charge in [-0.25, -0.2) is 9.67 Å². The van der Waals surface area contributed by atoms with Crippen molar-refractivity contribution in [2.24, 2.45) is 7.05 Å². The fourth-order valence-electron chi connectivity index (χ4n) is 4.09. The molecule has 0 saturated carbocycles. The van der Waals surface area contributed by atoms with Gasteiger partial charge < -0.3 is 16.0 Å². The van der Waals surface area contributed by atoms with E-state index in [4.69, 9.17) is 0 Å². The van der Waals surface area contributed by atoms with E-state index in [1.165, 1.54) is 12.1 Å². The Hall–Kier alpha value is -5.00.